The largest absolute Gasteiger partial charge is 0.414 e. The summed E-state index contributed by atoms with van der Waals surface area (Å²) in [6.45, 7) is 14.7. The maximum absolute atomic E-state index is 6.91. The van der Waals surface area contributed by atoms with E-state index in [9.17, 15) is 0 Å². The van der Waals surface area contributed by atoms with Gasteiger partial charge in [-0.1, -0.05) is 144 Å². The molecule has 3 heteroatoms. The Labute approximate surface area is 233 Å². The predicted octanol–water partition coefficient (Wildman–Crippen LogP) is 10.1. The molecule has 0 spiro atoms. The Morgan fingerprint density at radius 3 is 1.42 bits per heavy atom. The second kappa shape index (κ2) is 14.3. The third-order valence-corrected chi connectivity index (χ3v) is 12.8. The van der Waals surface area contributed by atoms with Gasteiger partial charge in [0.1, 0.15) is 5.60 Å². The van der Waals surface area contributed by atoms with Crippen LogP contribution in [0.5, 0.6) is 0 Å². The fraction of sp³-hybridized carbons (Fsp3) is 0.486. The normalized spacial score (nSPS) is 13.4. The van der Waals surface area contributed by atoms with Gasteiger partial charge in [-0.3, -0.25) is 0 Å². The van der Waals surface area contributed by atoms with Crippen LogP contribution in [-0.2, 0) is 14.8 Å². The summed E-state index contributed by atoms with van der Waals surface area (Å²) >= 11 is 0. The lowest BCUT2D eigenvalue weighted by molar-refractivity contribution is 0.0106. The Hall–Kier alpha value is -2.20. The van der Waals surface area contributed by atoms with Gasteiger partial charge in [-0.05, 0) is 54.6 Å². The molecule has 0 N–H and O–H groups in total. The van der Waals surface area contributed by atoms with E-state index in [-0.39, 0.29) is 5.04 Å². The lowest BCUT2D eigenvalue weighted by atomic mass is 9.80. The van der Waals surface area contributed by atoms with Crippen molar-refractivity contribution >= 4 is 8.32 Å². The molecule has 0 saturated heterocycles. The van der Waals surface area contributed by atoms with Crippen molar-refractivity contribution in [3.63, 3.8) is 0 Å². The van der Waals surface area contributed by atoms with Gasteiger partial charge in [-0.25, -0.2) is 0 Å². The lowest BCUT2D eigenvalue weighted by Crippen LogP contribution is -2.43. The molecule has 0 fully saturated rings. The van der Waals surface area contributed by atoms with E-state index >= 15 is 0 Å². The van der Waals surface area contributed by atoms with Crippen molar-refractivity contribution in [2.24, 2.45) is 0 Å². The minimum atomic E-state index is -1.66. The molecule has 1 atom stereocenters. The summed E-state index contributed by atoms with van der Waals surface area (Å²) in [4.78, 5) is 0. The van der Waals surface area contributed by atoms with Crippen molar-refractivity contribution in [1.29, 1.82) is 0 Å². The Morgan fingerprint density at radius 1 is 0.605 bits per heavy atom. The quantitative estimate of drug-likeness (QED) is 0.110. The molecule has 0 aromatic heterocycles. The molecule has 3 aromatic carbocycles. The predicted molar refractivity (Wildman–Crippen MR) is 165 cm³/mol. The summed E-state index contributed by atoms with van der Waals surface area (Å²) in [5.41, 5.74) is 2.91. The van der Waals surface area contributed by atoms with Crippen LogP contribution >= 0.6 is 0 Å². The zero-order valence-electron chi connectivity index (χ0n) is 24.7. The van der Waals surface area contributed by atoms with Crippen molar-refractivity contribution < 1.29 is 9.16 Å². The average Bonchev–Trinajstić information content (AvgIpc) is 2.90. The van der Waals surface area contributed by atoms with Crippen LogP contribution in [0.3, 0.4) is 0 Å². The molecule has 0 radical (unpaired) electrons. The molecule has 2 nitrogen and oxygen atoms in total. The van der Waals surface area contributed by atoms with Gasteiger partial charge >= 0.3 is 0 Å². The van der Waals surface area contributed by atoms with E-state index in [1.165, 1.54) is 55.2 Å². The van der Waals surface area contributed by atoms with E-state index in [4.69, 9.17) is 9.16 Å². The van der Waals surface area contributed by atoms with Crippen molar-refractivity contribution in [2.45, 2.75) is 102 Å². The van der Waals surface area contributed by atoms with E-state index in [1.54, 1.807) is 0 Å². The van der Waals surface area contributed by atoms with E-state index in [0.29, 0.717) is 6.10 Å². The second-order valence-electron chi connectivity index (χ2n) is 12.2. The highest BCUT2D eigenvalue weighted by molar-refractivity contribution is 6.74. The fourth-order valence-electron chi connectivity index (χ4n) is 4.97. The molecule has 0 heterocycles. The third-order valence-electron chi connectivity index (χ3n) is 8.17. The van der Waals surface area contributed by atoms with E-state index < -0.39 is 13.9 Å². The maximum Gasteiger partial charge on any atom is 0.192 e. The van der Waals surface area contributed by atoms with Crippen LogP contribution < -0.4 is 0 Å². The topological polar surface area (TPSA) is 18.5 Å². The number of unbranched alkanes of at least 4 members (excludes halogenated alkanes) is 5. The summed E-state index contributed by atoms with van der Waals surface area (Å²) in [6, 6.07) is 32.0. The fourth-order valence-corrected chi connectivity index (χ4v) is 6.45. The SMILES string of the molecule is C[C@@H](CCCCCCCCOC(c1ccccc1)(c1ccccc1)c1ccccc1)O[Si](C)(C)C(C)(C)C. The third kappa shape index (κ3) is 8.15. The highest BCUT2D eigenvalue weighted by Crippen LogP contribution is 2.41. The number of rotatable bonds is 15. The van der Waals surface area contributed by atoms with Crippen molar-refractivity contribution in [3.05, 3.63) is 108 Å². The van der Waals surface area contributed by atoms with Gasteiger partial charge < -0.3 is 9.16 Å². The standard InChI is InChI=1S/C35H50O2Si/c1-30(37-38(5,6)34(2,3)4)22-14-9-7-8-10-21-29-36-35(31-23-15-11-16-24-31,32-25-17-12-18-26-32)33-27-19-13-20-28-33/h11-13,15-20,23-28,30H,7-10,14,21-22,29H2,1-6H3/t30-/m0/s1. The summed E-state index contributed by atoms with van der Waals surface area (Å²) in [5.74, 6) is 0. The van der Waals surface area contributed by atoms with Gasteiger partial charge in [0.25, 0.3) is 0 Å². The van der Waals surface area contributed by atoms with Crippen molar-refractivity contribution in [3.8, 4) is 0 Å². The Kier molecular flexibility index (Phi) is 11.4. The molecule has 206 valence electrons. The van der Waals surface area contributed by atoms with Gasteiger partial charge in [0.2, 0.25) is 0 Å². The molecule has 38 heavy (non-hydrogen) atoms. The average molecular weight is 531 g/mol. The first-order chi connectivity index (χ1) is 18.2. The van der Waals surface area contributed by atoms with Gasteiger partial charge in [-0.15, -0.1) is 0 Å². The summed E-state index contributed by atoms with van der Waals surface area (Å²) in [7, 11) is -1.66. The van der Waals surface area contributed by atoms with E-state index in [1.807, 2.05) is 0 Å². The van der Waals surface area contributed by atoms with Crippen LogP contribution in [0.25, 0.3) is 0 Å². The second-order valence-corrected chi connectivity index (χ2v) is 17.0. The molecule has 0 aliphatic heterocycles. The molecule has 3 aromatic rings. The Morgan fingerprint density at radius 2 is 1.00 bits per heavy atom. The molecular formula is C35H50O2Si. The van der Waals surface area contributed by atoms with E-state index in [2.05, 4.69) is 132 Å². The summed E-state index contributed by atoms with van der Waals surface area (Å²) < 4.78 is 13.4. The zero-order chi connectivity index (χ0) is 27.5. The molecule has 0 aliphatic carbocycles. The number of hydrogen-bond acceptors (Lipinski definition) is 2. The Bertz CT molecular complexity index is 945. The molecule has 0 aliphatic rings. The van der Waals surface area contributed by atoms with Crippen LogP contribution in [0, 0.1) is 0 Å². The van der Waals surface area contributed by atoms with Gasteiger partial charge in [0.15, 0.2) is 8.32 Å². The summed E-state index contributed by atoms with van der Waals surface area (Å²) in [5, 5.41) is 0.280. The van der Waals surface area contributed by atoms with Crippen molar-refractivity contribution in [1.82, 2.24) is 0 Å². The highest BCUT2D eigenvalue weighted by Gasteiger charge is 2.38. The minimum Gasteiger partial charge on any atom is -0.414 e. The van der Waals surface area contributed by atoms with Gasteiger partial charge in [0.05, 0.1) is 0 Å². The Balaban J connectivity index is 1.51. The minimum absolute atomic E-state index is 0.280. The maximum atomic E-state index is 6.91. The van der Waals surface area contributed by atoms with Crippen LogP contribution in [0.15, 0.2) is 91.0 Å². The first-order valence-electron chi connectivity index (χ1n) is 14.7. The molecule has 0 unspecified atom stereocenters. The van der Waals surface area contributed by atoms with E-state index in [0.717, 1.165) is 13.0 Å². The number of hydrogen-bond donors (Lipinski definition) is 0. The van der Waals surface area contributed by atoms with Gasteiger partial charge in [0, 0.05) is 12.7 Å². The van der Waals surface area contributed by atoms with Crippen LogP contribution in [0.1, 0.15) is 89.3 Å². The first-order valence-corrected chi connectivity index (χ1v) is 17.6. The molecule has 0 amide bonds. The van der Waals surface area contributed by atoms with Gasteiger partial charge in [-0.2, -0.15) is 0 Å². The lowest BCUT2D eigenvalue weighted by Gasteiger charge is -2.38. The first kappa shape index (κ1) is 30.3. The molecular weight excluding hydrogens is 480 g/mol. The molecule has 3 rings (SSSR count). The highest BCUT2D eigenvalue weighted by atomic mass is 28.4. The van der Waals surface area contributed by atoms with Crippen molar-refractivity contribution in [2.75, 3.05) is 6.61 Å². The number of ether oxygens (including phenoxy) is 1. The molecule has 0 saturated carbocycles. The summed E-state index contributed by atoms with van der Waals surface area (Å²) in [6.07, 6.45) is 8.89. The molecule has 0 bridgehead atoms. The van der Waals surface area contributed by atoms with Crippen LogP contribution in [-0.4, -0.2) is 21.0 Å². The monoisotopic (exact) mass is 530 g/mol. The zero-order valence-corrected chi connectivity index (χ0v) is 25.7. The van der Waals surface area contributed by atoms with Crippen LogP contribution in [0.4, 0.5) is 0 Å². The smallest absolute Gasteiger partial charge is 0.192 e. The van der Waals surface area contributed by atoms with Crippen LogP contribution in [0.2, 0.25) is 18.1 Å². The number of benzene rings is 3.